The van der Waals surface area contributed by atoms with E-state index in [2.05, 4.69) is 0 Å². The Labute approximate surface area is 114 Å². The van der Waals surface area contributed by atoms with Crippen molar-refractivity contribution in [1.29, 1.82) is 0 Å². The highest BCUT2D eigenvalue weighted by molar-refractivity contribution is 7.62. The third-order valence-corrected chi connectivity index (χ3v) is 4.43. The van der Waals surface area contributed by atoms with Crippen molar-refractivity contribution in [3.8, 4) is 5.75 Å². The van der Waals surface area contributed by atoms with Crippen LogP contribution in [-0.2, 0) is 18.3 Å². The highest BCUT2D eigenvalue weighted by Crippen LogP contribution is 2.46. The zero-order valence-corrected chi connectivity index (χ0v) is 12.5. The quantitative estimate of drug-likeness (QED) is 0.516. The summed E-state index contributed by atoms with van der Waals surface area (Å²) in [5.74, 6) is 0.695. The van der Waals surface area contributed by atoms with Gasteiger partial charge in [0.15, 0.2) is 0 Å². The maximum Gasteiger partial charge on any atom is 0.361 e. The van der Waals surface area contributed by atoms with E-state index in [1.807, 2.05) is 0 Å². The minimum absolute atomic E-state index is 0.337. The number of hydrogen-bond acceptors (Lipinski definition) is 5. The number of hydrogen-bond donors (Lipinski definition) is 0. The van der Waals surface area contributed by atoms with Crippen LogP contribution in [0.2, 0.25) is 0 Å². The Bertz CT molecular complexity index is 394. The second-order valence-corrected chi connectivity index (χ2v) is 5.70. The molecule has 0 atom stereocenters. The molecule has 6 heteroatoms. The molecule has 0 fully saturated rings. The maximum absolute atomic E-state index is 12.5. The summed E-state index contributed by atoms with van der Waals surface area (Å²) >= 11 is 0. The molecule has 5 nitrogen and oxygen atoms in total. The zero-order chi connectivity index (χ0) is 14.1. The summed E-state index contributed by atoms with van der Waals surface area (Å²) in [5, 5.41) is 0.537. The van der Waals surface area contributed by atoms with Crippen LogP contribution in [0.1, 0.15) is 13.8 Å². The second-order valence-electron chi connectivity index (χ2n) is 3.67. The number of benzene rings is 1. The summed E-state index contributed by atoms with van der Waals surface area (Å²) in [6.45, 7) is 5.25. The monoisotopic (exact) mass is 288 g/mol. The molecule has 0 spiro atoms. The average Bonchev–Trinajstić information content (AvgIpc) is 2.40. The van der Waals surface area contributed by atoms with E-state index >= 15 is 0 Å². The van der Waals surface area contributed by atoms with Gasteiger partial charge in [-0.2, -0.15) is 0 Å². The minimum atomic E-state index is -3.20. The lowest BCUT2D eigenvalue weighted by Crippen LogP contribution is -2.11. The van der Waals surface area contributed by atoms with Gasteiger partial charge in [-0.1, -0.05) is 0 Å². The first-order chi connectivity index (χ1) is 9.16. The molecule has 19 heavy (non-hydrogen) atoms. The van der Waals surface area contributed by atoms with Gasteiger partial charge in [0.25, 0.3) is 0 Å². The van der Waals surface area contributed by atoms with E-state index in [0.717, 1.165) is 0 Å². The summed E-state index contributed by atoms with van der Waals surface area (Å²) in [6.07, 6.45) is 0. The Morgan fingerprint density at radius 3 is 2.05 bits per heavy atom. The van der Waals surface area contributed by atoms with Gasteiger partial charge in [0, 0.05) is 7.11 Å². The Morgan fingerprint density at radius 1 is 1.00 bits per heavy atom. The molecule has 0 radical (unpaired) electrons. The van der Waals surface area contributed by atoms with E-state index in [4.69, 9.17) is 18.5 Å². The van der Waals surface area contributed by atoms with Gasteiger partial charge in [0.2, 0.25) is 0 Å². The molecule has 0 heterocycles. The fraction of sp³-hybridized carbons (Fsp3) is 0.538. The molecule has 0 aliphatic carbocycles. The fourth-order valence-corrected chi connectivity index (χ4v) is 3.06. The highest BCUT2D eigenvalue weighted by Gasteiger charge is 2.26. The van der Waals surface area contributed by atoms with E-state index in [0.29, 0.717) is 37.5 Å². The summed E-state index contributed by atoms with van der Waals surface area (Å²) in [7, 11) is -1.59. The van der Waals surface area contributed by atoms with Gasteiger partial charge in [0.05, 0.1) is 25.1 Å². The molecule has 108 valence electrons. The summed E-state index contributed by atoms with van der Waals surface area (Å²) in [5.41, 5.74) is 0. The molecule has 0 aliphatic heterocycles. The molecule has 0 saturated carbocycles. The molecular weight excluding hydrogens is 267 g/mol. The highest BCUT2D eigenvalue weighted by atomic mass is 31.2. The molecule has 0 N–H and O–H groups in total. The summed E-state index contributed by atoms with van der Waals surface area (Å²) in [4.78, 5) is 0. The van der Waals surface area contributed by atoms with Gasteiger partial charge >= 0.3 is 7.60 Å². The molecular formula is C13H21O5P. The Kier molecular flexibility index (Phi) is 7.10. The largest absolute Gasteiger partial charge is 0.491 e. The first-order valence-corrected chi connectivity index (χ1v) is 7.82. The standard InChI is InChI=1S/C13H21O5P/c1-4-17-19(14,18-5-2)13-8-6-12(7-9-13)16-11-10-15-3/h6-9H,4-5,10-11H2,1-3H3. The third kappa shape index (κ3) is 4.96. The predicted molar refractivity (Wildman–Crippen MR) is 74.3 cm³/mol. The van der Waals surface area contributed by atoms with E-state index in [9.17, 15) is 4.57 Å². The molecule has 0 aliphatic rings. The molecule has 1 rings (SSSR count). The Hall–Kier alpha value is -0.870. The van der Waals surface area contributed by atoms with E-state index in [1.54, 1.807) is 45.2 Å². The van der Waals surface area contributed by atoms with Crippen molar-refractivity contribution in [3.63, 3.8) is 0 Å². The van der Waals surface area contributed by atoms with Crippen molar-refractivity contribution < 1.29 is 23.1 Å². The van der Waals surface area contributed by atoms with Crippen LogP contribution in [0.15, 0.2) is 24.3 Å². The first-order valence-electron chi connectivity index (χ1n) is 6.27. The van der Waals surface area contributed by atoms with Crippen LogP contribution < -0.4 is 10.0 Å². The lowest BCUT2D eigenvalue weighted by atomic mass is 10.3. The molecule has 0 amide bonds. The van der Waals surface area contributed by atoms with Crippen molar-refractivity contribution in [2.45, 2.75) is 13.8 Å². The normalized spacial score (nSPS) is 11.5. The molecule has 1 aromatic carbocycles. The van der Waals surface area contributed by atoms with Crippen LogP contribution in [0.5, 0.6) is 5.75 Å². The predicted octanol–water partition coefficient (Wildman–Crippen LogP) is 2.60. The molecule has 0 bridgehead atoms. The van der Waals surface area contributed by atoms with E-state index in [1.165, 1.54) is 0 Å². The Balaban J connectivity index is 2.75. The maximum atomic E-state index is 12.5. The van der Waals surface area contributed by atoms with Crippen molar-refractivity contribution in [2.75, 3.05) is 33.5 Å². The van der Waals surface area contributed by atoms with Gasteiger partial charge in [-0.25, -0.2) is 0 Å². The van der Waals surface area contributed by atoms with Gasteiger partial charge in [-0.15, -0.1) is 0 Å². The minimum Gasteiger partial charge on any atom is -0.491 e. The van der Waals surface area contributed by atoms with Crippen LogP contribution in [0, 0.1) is 0 Å². The SMILES string of the molecule is CCOP(=O)(OCC)c1ccc(OCCOC)cc1. The van der Waals surface area contributed by atoms with Gasteiger partial charge in [-0.05, 0) is 38.1 Å². The number of rotatable bonds is 9. The van der Waals surface area contributed by atoms with Crippen LogP contribution in [0.25, 0.3) is 0 Å². The van der Waals surface area contributed by atoms with Gasteiger partial charge in [-0.3, -0.25) is 4.57 Å². The smallest absolute Gasteiger partial charge is 0.361 e. The Morgan fingerprint density at radius 2 is 1.58 bits per heavy atom. The van der Waals surface area contributed by atoms with E-state index < -0.39 is 7.60 Å². The van der Waals surface area contributed by atoms with Crippen molar-refractivity contribution in [3.05, 3.63) is 24.3 Å². The topological polar surface area (TPSA) is 54.0 Å². The second kappa shape index (κ2) is 8.33. The fourth-order valence-electron chi connectivity index (χ4n) is 1.49. The van der Waals surface area contributed by atoms with E-state index in [-0.39, 0.29) is 0 Å². The molecule has 0 unspecified atom stereocenters. The van der Waals surface area contributed by atoms with Gasteiger partial charge in [0.1, 0.15) is 12.4 Å². The first kappa shape index (κ1) is 16.2. The summed E-state index contributed by atoms with van der Waals surface area (Å²) in [6, 6.07) is 6.90. The number of ether oxygens (including phenoxy) is 2. The lowest BCUT2D eigenvalue weighted by molar-refractivity contribution is 0.146. The van der Waals surface area contributed by atoms with Gasteiger partial charge < -0.3 is 18.5 Å². The molecule has 0 saturated heterocycles. The van der Waals surface area contributed by atoms with Crippen molar-refractivity contribution in [1.82, 2.24) is 0 Å². The zero-order valence-electron chi connectivity index (χ0n) is 11.6. The summed E-state index contributed by atoms with van der Waals surface area (Å²) < 4.78 is 33.3. The van der Waals surface area contributed by atoms with Crippen molar-refractivity contribution in [2.24, 2.45) is 0 Å². The lowest BCUT2D eigenvalue weighted by Gasteiger charge is -2.17. The third-order valence-electron chi connectivity index (χ3n) is 2.31. The van der Waals surface area contributed by atoms with Crippen LogP contribution in [0.4, 0.5) is 0 Å². The molecule has 0 aromatic heterocycles. The van der Waals surface area contributed by atoms with Crippen molar-refractivity contribution >= 4 is 12.9 Å². The van der Waals surface area contributed by atoms with Crippen LogP contribution in [0.3, 0.4) is 0 Å². The molecule has 1 aromatic rings. The average molecular weight is 288 g/mol. The number of methoxy groups -OCH3 is 1. The van der Waals surface area contributed by atoms with Crippen LogP contribution in [-0.4, -0.2) is 33.5 Å². The van der Waals surface area contributed by atoms with Crippen LogP contribution >= 0.6 is 7.60 Å².